The van der Waals surface area contributed by atoms with Crippen LogP contribution in [0.15, 0.2) is 34.5 Å². The van der Waals surface area contributed by atoms with Crippen molar-refractivity contribution >= 4 is 17.5 Å². The van der Waals surface area contributed by atoms with Crippen LogP contribution in [0.2, 0.25) is 0 Å². The van der Waals surface area contributed by atoms with Crippen LogP contribution in [0.4, 0.5) is 0 Å². The fourth-order valence-electron chi connectivity index (χ4n) is 4.57. The summed E-state index contributed by atoms with van der Waals surface area (Å²) < 4.78 is 16.4. The molecule has 2 atom stereocenters. The highest BCUT2D eigenvalue weighted by atomic mass is 16.5. The SMILES string of the molecule is CCOC(=O)C1C(CC)=NC2=C(C(=O)CC(C)(C)C2)[C@@H]1c1ccc(OC)cc1OC. The molecule has 0 radical (unpaired) electrons. The Morgan fingerprint density at radius 3 is 2.50 bits per heavy atom. The van der Waals surface area contributed by atoms with Crippen molar-refractivity contribution in [2.75, 3.05) is 20.8 Å². The summed E-state index contributed by atoms with van der Waals surface area (Å²) >= 11 is 0. The van der Waals surface area contributed by atoms with E-state index >= 15 is 0 Å². The number of carbonyl (C=O) groups is 2. The number of rotatable bonds is 6. The van der Waals surface area contributed by atoms with Crippen LogP contribution in [0.25, 0.3) is 0 Å². The van der Waals surface area contributed by atoms with Crippen LogP contribution >= 0.6 is 0 Å². The number of ether oxygens (including phenoxy) is 3. The van der Waals surface area contributed by atoms with E-state index in [1.807, 2.05) is 19.1 Å². The molecule has 0 saturated heterocycles. The summed E-state index contributed by atoms with van der Waals surface area (Å²) in [5.41, 5.74) is 2.77. The average molecular weight is 414 g/mol. The summed E-state index contributed by atoms with van der Waals surface area (Å²) in [6, 6.07) is 5.49. The Hall–Kier alpha value is -2.63. The first kappa shape index (κ1) is 22.1. The van der Waals surface area contributed by atoms with Gasteiger partial charge in [0.05, 0.1) is 20.8 Å². The predicted molar refractivity (Wildman–Crippen MR) is 115 cm³/mol. The molecule has 162 valence electrons. The molecular formula is C24H31NO5. The summed E-state index contributed by atoms with van der Waals surface area (Å²) in [6.07, 6.45) is 1.72. The maximum absolute atomic E-state index is 13.3. The zero-order valence-electron chi connectivity index (χ0n) is 18.7. The smallest absolute Gasteiger partial charge is 0.315 e. The minimum Gasteiger partial charge on any atom is -0.497 e. The Morgan fingerprint density at radius 2 is 1.90 bits per heavy atom. The molecule has 0 bridgehead atoms. The third kappa shape index (κ3) is 4.00. The second-order valence-electron chi connectivity index (χ2n) is 8.57. The van der Waals surface area contributed by atoms with Gasteiger partial charge in [0.1, 0.15) is 17.4 Å². The average Bonchev–Trinajstić information content (AvgIpc) is 2.70. The number of esters is 1. The van der Waals surface area contributed by atoms with Crippen molar-refractivity contribution in [3.63, 3.8) is 0 Å². The van der Waals surface area contributed by atoms with Gasteiger partial charge in [-0.05, 0) is 31.2 Å². The van der Waals surface area contributed by atoms with E-state index in [4.69, 9.17) is 19.2 Å². The molecule has 0 N–H and O–H groups in total. The summed E-state index contributed by atoms with van der Waals surface area (Å²) in [5.74, 6) is -0.233. The number of hydrogen-bond acceptors (Lipinski definition) is 6. The van der Waals surface area contributed by atoms with Gasteiger partial charge in [0.25, 0.3) is 0 Å². The maximum atomic E-state index is 13.3. The van der Waals surface area contributed by atoms with Crippen LogP contribution in [-0.2, 0) is 14.3 Å². The molecule has 0 saturated carbocycles. The molecule has 1 unspecified atom stereocenters. The topological polar surface area (TPSA) is 74.2 Å². The molecule has 0 fully saturated rings. The van der Waals surface area contributed by atoms with E-state index in [0.717, 1.165) is 17.0 Å². The Labute approximate surface area is 178 Å². The fourth-order valence-corrected chi connectivity index (χ4v) is 4.57. The van der Waals surface area contributed by atoms with Crippen molar-refractivity contribution in [1.82, 2.24) is 0 Å². The Balaban J connectivity index is 2.26. The summed E-state index contributed by atoms with van der Waals surface area (Å²) in [5, 5.41) is 0. The number of nitrogens with zero attached hydrogens (tertiary/aromatic N) is 1. The van der Waals surface area contributed by atoms with E-state index in [0.29, 0.717) is 36.3 Å². The monoisotopic (exact) mass is 413 g/mol. The van der Waals surface area contributed by atoms with Crippen molar-refractivity contribution < 1.29 is 23.8 Å². The molecule has 6 heteroatoms. The first-order valence-electron chi connectivity index (χ1n) is 10.5. The van der Waals surface area contributed by atoms with E-state index < -0.39 is 11.8 Å². The molecule has 30 heavy (non-hydrogen) atoms. The number of carbonyl (C=O) groups excluding carboxylic acids is 2. The van der Waals surface area contributed by atoms with E-state index in [-0.39, 0.29) is 23.8 Å². The first-order valence-corrected chi connectivity index (χ1v) is 10.5. The van der Waals surface area contributed by atoms with Gasteiger partial charge in [0.15, 0.2) is 5.78 Å². The number of hydrogen-bond donors (Lipinski definition) is 0. The van der Waals surface area contributed by atoms with Gasteiger partial charge in [0.2, 0.25) is 0 Å². The molecule has 0 amide bonds. The highest BCUT2D eigenvalue weighted by Gasteiger charge is 2.47. The molecule has 3 rings (SSSR count). The fraction of sp³-hybridized carbons (Fsp3) is 0.542. The zero-order chi connectivity index (χ0) is 22.1. The second kappa shape index (κ2) is 8.62. The standard InChI is InChI=1S/C24H31NO5/c1-7-16-22(23(27)30-8-2)20(15-10-9-14(28-5)11-19(15)29-6)21-17(25-16)12-24(3,4)13-18(21)26/h9-11,20,22H,7-8,12-13H2,1-6H3/t20-,22?/m0/s1. The number of benzene rings is 1. The lowest BCUT2D eigenvalue weighted by atomic mass is 9.66. The number of allylic oxidation sites excluding steroid dienone is 2. The normalized spacial score (nSPS) is 22.9. The highest BCUT2D eigenvalue weighted by molar-refractivity contribution is 6.09. The quantitative estimate of drug-likeness (QED) is 0.643. The van der Waals surface area contributed by atoms with Crippen LogP contribution in [0.3, 0.4) is 0 Å². The van der Waals surface area contributed by atoms with Gasteiger partial charge in [-0.25, -0.2) is 0 Å². The number of ketones is 1. The van der Waals surface area contributed by atoms with Gasteiger partial charge in [0, 0.05) is 41.0 Å². The van der Waals surface area contributed by atoms with Crippen molar-refractivity contribution in [3.05, 3.63) is 35.0 Å². The Bertz CT molecular complexity index is 912. The van der Waals surface area contributed by atoms with Crippen LogP contribution in [0, 0.1) is 11.3 Å². The molecule has 0 aromatic heterocycles. The molecule has 1 aliphatic heterocycles. The maximum Gasteiger partial charge on any atom is 0.315 e. The number of aliphatic imine (C=N–C) groups is 1. The molecular weight excluding hydrogens is 382 g/mol. The molecule has 1 heterocycles. The molecule has 1 aliphatic carbocycles. The number of Topliss-reactive ketones (excluding diaryl/α,β-unsaturated/α-hetero) is 1. The third-order valence-corrected chi connectivity index (χ3v) is 5.86. The van der Waals surface area contributed by atoms with Gasteiger partial charge < -0.3 is 14.2 Å². The molecule has 1 aromatic carbocycles. The number of methoxy groups -OCH3 is 2. The van der Waals surface area contributed by atoms with Crippen molar-refractivity contribution in [3.8, 4) is 11.5 Å². The molecule has 6 nitrogen and oxygen atoms in total. The van der Waals surface area contributed by atoms with E-state index in [1.165, 1.54) is 0 Å². The van der Waals surface area contributed by atoms with Crippen LogP contribution < -0.4 is 9.47 Å². The largest absolute Gasteiger partial charge is 0.497 e. The van der Waals surface area contributed by atoms with Crippen LogP contribution in [-0.4, -0.2) is 38.3 Å². The predicted octanol–water partition coefficient (Wildman–Crippen LogP) is 4.47. The third-order valence-electron chi connectivity index (χ3n) is 5.86. The van der Waals surface area contributed by atoms with Gasteiger partial charge in [-0.2, -0.15) is 0 Å². The van der Waals surface area contributed by atoms with Crippen molar-refractivity contribution in [2.24, 2.45) is 16.3 Å². The summed E-state index contributed by atoms with van der Waals surface area (Å²) in [7, 11) is 3.17. The Kier molecular flexibility index (Phi) is 6.34. The van der Waals surface area contributed by atoms with Crippen LogP contribution in [0.1, 0.15) is 58.4 Å². The van der Waals surface area contributed by atoms with E-state index in [9.17, 15) is 9.59 Å². The van der Waals surface area contributed by atoms with Crippen molar-refractivity contribution in [2.45, 2.75) is 52.9 Å². The zero-order valence-corrected chi connectivity index (χ0v) is 18.7. The van der Waals surface area contributed by atoms with Gasteiger partial charge in [-0.3, -0.25) is 14.6 Å². The minimum atomic E-state index is -0.652. The lowest BCUT2D eigenvalue weighted by Crippen LogP contribution is -2.40. The summed E-state index contributed by atoms with van der Waals surface area (Å²) in [4.78, 5) is 31.2. The lowest BCUT2D eigenvalue weighted by Gasteiger charge is -2.39. The van der Waals surface area contributed by atoms with Gasteiger partial charge in [-0.15, -0.1) is 0 Å². The highest BCUT2D eigenvalue weighted by Crippen LogP contribution is 2.50. The lowest BCUT2D eigenvalue weighted by molar-refractivity contribution is -0.146. The second-order valence-corrected chi connectivity index (χ2v) is 8.57. The van der Waals surface area contributed by atoms with Gasteiger partial charge >= 0.3 is 5.97 Å². The van der Waals surface area contributed by atoms with Crippen LogP contribution in [0.5, 0.6) is 11.5 Å². The first-order chi connectivity index (χ1) is 14.3. The molecule has 2 aliphatic rings. The van der Waals surface area contributed by atoms with Gasteiger partial charge in [-0.1, -0.05) is 26.8 Å². The van der Waals surface area contributed by atoms with E-state index in [1.54, 1.807) is 27.2 Å². The molecule has 1 aromatic rings. The Morgan fingerprint density at radius 1 is 1.17 bits per heavy atom. The summed E-state index contributed by atoms with van der Waals surface area (Å²) in [6.45, 7) is 8.19. The van der Waals surface area contributed by atoms with E-state index in [2.05, 4.69) is 13.8 Å². The molecule has 0 spiro atoms. The van der Waals surface area contributed by atoms with Crippen molar-refractivity contribution in [1.29, 1.82) is 0 Å². The minimum absolute atomic E-state index is 0.0392.